The lowest BCUT2D eigenvalue weighted by molar-refractivity contribution is 0.178. The van der Waals surface area contributed by atoms with Crippen molar-refractivity contribution in [3.63, 3.8) is 0 Å². The average molecular weight is 390 g/mol. The largest absolute Gasteiger partial charge is 0.388 e. The Labute approximate surface area is 128 Å². The molecule has 0 bridgehead atoms. The van der Waals surface area contributed by atoms with Gasteiger partial charge in [0.2, 0.25) is 0 Å². The zero-order chi connectivity index (χ0) is 13.1. The third kappa shape index (κ3) is 3.44. The van der Waals surface area contributed by atoms with Crippen LogP contribution in [0.4, 0.5) is 0 Å². The lowest BCUT2D eigenvalue weighted by atomic mass is 10.0. The zero-order valence-corrected chi connectivity index (χ0v) is 14.0. The summed E-state index contributed by atoms with van der Waals surface area (Å²) in [7, 11) is 0. The Balaban J connectivity index is 2.10. The summed E-state index contributed by atoms with van der Waals surface area (Å²) < 4.78 is 2.02. The molecule has 0 spiro atoms. The zero-order valence-electron chi connectivity index (χ0n) is 9.99. The lowest BCUT2D eigenvalue weighted by Gasteiger charge is -2.10. The molecular weight excluding hydrogens is 376 g/mol. The highest BCUT2D eigenvalue weighted by molar-refractivity contribution is 9.12. The number of hydrogen-bond acceptors (Lipinski definition) is 2. The Bertz CT molecular complexity index is 519. The van der Waals surface area contributed by atoms with Gasteiger partial charge in [-0.15, -0.1) is 11.3 Å². The van der Waals surface area contributed by atoms with E-state index in [-0.39, 0.29) is 0 Å². The van der Waals surface area contributed by atoms with Gasteiger partial charge in [-0.1, -0.05) is 31.2 Å². The van der Waals surface area contributed by atoms with Gasteiger partial charge < -0.3 is 5.11 Å². The smallest absolute Gasteiger partial charge is 0.0849 e. The normalized spacial score (nSPS) is 12.7. The summed E-state index contributed by atoms with van der Waals surface area (Å²) in [6.07, 6.45) is 1.23. The van der Waals surface area contributed by atoms with E-state index in [0.717, 1.165) is 25.1 Å². The number of hydrogen-bond donors (Lipinski definition) is 1. The summed E-state index contributed by atoms with van der Waals surface area (Å²) in [5, 5.41) is 10.3. The van der Waals surface area contributed by atoms with E-state index in [1.165, 1.54) is 5.56 Å². The fraction of sp³-hybridized carbons (Fsp3) is 0.286. The second-order valence-corrected chi connectivity index (χ2v) is 7.92. The number of thiophene rings is 1. The number of aliphatic hydroxyl groups is 1. The topological polar surface area (TPSA) is 20.2 Å². The first kappa shape index (κ1) is 14.3. The number of benzene rings is 1. The maximum Gasteiger partial charge on any atom is 0.0849 e. The molecule has 0 aliphatic rings. The minimum absolute atomic E-state index is 0.464. The van der Waals surface area contributed by atoms with Crippen molar-refractivity contribution >= 4 is 43.2 Å². The molecule has 0 saturated heterocycles. The van der Waals surface area contributed by atoms with E-state index < -0.39 is 6.10 Å². The molecule has 2 rings (SSSR count). The van der Waals surface area contributed by atoms with E-state index in [9.17, 15) is 5.11 Å². The number of aryl methyl sites for hydroxylation is 1. The third-order valence-corrected chi connectivity index (χ3v) is 5.29. The molecule has 0 aliphatic carbocycles. The molecule has 1 nitrogen and oxygen atoms in total. The molecule has 2 aromatic rings. The molecule has 1 heterocycles. The molecule has 18 heavy (non-hydrogen) atoms. The molecule has 4 heteroatoms. The van der Waals surface area contributed by atoms with Gasteiger partial charge in [0, 0.05) is 12.0 Å². The molecule has 1 aromatic carbocycles. The van der Waals surface area contributed by atoms with Crippen LogP contribution in [-0.2, 0) is 12.8 Å². The van der Waals surface area contributed by atoms with Crippen molar-refractivity contribution in [2.75, 3.05) is 0 Å². The lowest BCUT2D eigenvalue weighted by Crippen LogP contribution is -2.01. The molecule has 0 aliphatic heterocycles. The third-order valence-electron chi connectivity index (χ3n) is 2.90. The summed E-state index contributed by atoms with van der Waals surface area (Å²) in [6, 6.07) is 10.4. The van der Waals surface area contributed by atoms with Crippen LogP contribution in [0.1, 0.15) is 29.7 Å². The van der Waals surface area contributed by atoms with Crippen molar-refractivity contribution in [1.29, 1.82) is 0 Å². The van der Waals surface area contributed by atoms with Crippen LogP contribution in [0.2, 0.25) is 0 Å². The standard InChI is InChI=1S/C14H14Br2OS/c1-2-9-3-5-10(6-4-9)7-12(17)11-8-13(15)18-14(11)16/h3-6,8,12,17H,2,7H2,1H3. The van der Waals surface area contributed by atoms with Gasteiger partial charge in [-0.25, -0.2) is 0 Å². The van der Waals surface area contributed by atoms with Gasteiger partial charge in [0.25, 0.3) is 0 Å². The average Bonchev–Trinajstić information content (AvgIpc) is 2.69. The Morgan fingerprint density at radius 1 is 1.17 bits per heavy atom. The Morgan fingerprint density at radius 2 is 1.78 bits per heavy atom. The van der Waals surface area contributed by atoms with Gasteiger partial charge in [0.1, 0.15) is 0 Å². The molecule has 0 amide bonds. The minimum Gasteiger partial charge on any atom is -0.388 e. The van der Waals surface area contributed by atoms with Crippen molar-refractivity contribution in [3.8, 4) is 0 Å². The van der Waals surface area contributed by atoms with Gasteiger partial charge in [-0.2, -0.15) is 0 Å². The molecule has 0 fully saturated rings. The summed E-state index contributed by atoms with van der Waals surface area (Å²) in [5.41, 5.74) is 3.44. The number of halogens is 2. The van der Waals surface area contributed by atoms with E-state index >= 15 is 0 Å². The second-order valence-electron chi connectivity index (χ2n) is 4.17. The number of rotatable bonds is 4. The van der Waals surface area contributed by atoms with Crippen molar-refractivity contribution in [2.45, 2.75) is 25.9 Å². The van der Waals surface area contributed by atoms with Gasteiger partial charge in [0.15, 0.2) is 0 Å². The fourth-order valence-electron chi connectivity index (χ4n) is 1.82. The molecule has 0 saturated carbocycles. The Hall–Kier alpha value is -0.160. The molecule has 1 aromatic heterocycles. The molecule has 0 radical (unpaired) electrons. The van der Waals surface area contributed by atoms with Crippen molar-refractivity contribution in [3.05, 3.63) is 54.6 Å². The molecular formula is C14H14Br2OS. The highest BCUT2D eigenvalue weighted by Gasteiger charge is 2.15. The monoisotopic (exact) mass is 388 g/mol. The van der Waals surface area contributed by atoms with Crippen LogP contribution in [0.3, 0.4) is 0 Å². The van der Waals surface area contributed by atoms with Crippen molar-refractivity contribution < 1.29 is 5.11 Å². The van der Waals surface area contributed by atoms with Crippen molar-refractivity contribution in [1.82, 2.24) is 0 Å². The second kappa shape index (κ2) is 6.33. The van der Waals surface area contributed by atoms with E-state index in [0.29, 0.717) is 6.42 Å². The maximum absolute atomic E-state index is 10.3. The Kier molecular flexibility index (Phi) is 5.01. The van der Waals surface area contributed by atoms with Crippen LogP contribution in [0.15, 0.2) is 37.9 Å². The maximum atomic E-state index is 10.3. The van der Waals surface area contributed by atoms with E-state index in [2.05, 4.69) is 63.0 Å². The first-order valence-corrected chi connectivity index (χ1v) is 8.21. The summed E-state index contributed by atoms with van der Waals surface area (Å²) in [6.45, 7) is 2.14. The highest BCUT2D eigenvalue weighted by Crippen LogP contribution is 2.36. The summed E-state index contributed by atoms with van der Waals surface area (Å²) >= 11 is 8.50. The summed E-state index contributed by atoms with van der Waals surface area (Å²) in [5.74, 6) is 0. The Morgan fingerprint density at radius 3 is 2.28 bits per heavy atom. The van der Waals surface area contributed by atoms with Crippen LogP contribution < -0.4 is 0 Å². The van der Waals surface area contributed by atoms with E-state index in [1.54, 1.807) is 11.3 Å². The van der Waals surface area contributed by atoms with Crippen LogP contribution in [-0.4, -0.2) is 5.11 Å². The molecule has 1 atom stereocenters. The molecule has 1 unspecified atom stereocenters. The number of aliphatic hydroxyl groups excluding tert-OH is 1. The predicted octanol–water partition coefficient (Wildman–Crippen LogP) is 5.11. The van der Waals surface area contributed by atoms with Gasteiger partial charge in [-0.05, 0) is 55.5 Å². The van der Waals surface area contributed by atoms with Crippen LogP contribution >= 0.6 is 43.2 Å². The quantitative estimate of drug-likeness (QED) is 0.769. The fourth-order valence-corrected chi connectivity index (χ4v) is 4.78. The minimum atomic E-state index is -0.464. The van der Waals surface area contributed by atoms with Gasteiger partial charge in [-0.3, -0.25) is 0 Å². The van der Waals surface area contributed by atoms with Crippen molar-refractivity contribution in [2.24, 2.45) is 0 Å². The SMILES string of the molecule is CCc1ccc(CC(O)c2cc(Br)sc2Br)cc1. The van der Waals surface area contributed by atoms with E-state index in [1.807, 2.05) is 6.07 Å². The first-order valence-electron chi connectivity index (χ1n) is 5.80. The highest BCUT2D eigenvalue weighted by atomic mass is 79.9. The van der Waals surface area contributed by atoms with Crippen LogP contribution in [0.25, 0.3) is 0 Å². The van der Waals surface area contributed by atoms with Gasteiger partial charge >= 0.3 is 0 Å². The predicted molar refractivity (Wildman–Crippen MR) is 84.2 cm³/mol. The van der Waals surface area contributed by atoms with Crippen LogP contribution in [0, 0.1) is 0 Å². The molecule has 96 valence electrons. The van der Waals surface area contributed by atoms with Gasteiger partial charge in [0.05, 0.1) is 13.7 Å². The summed E-state index contributed by atoms with van der Waals surface area (Å²) in [4.78, 5) is 0. The first-order chi connectivity index (χ1) is 8.60. The molecule has 1 N–H and O–H groups in total. The van der Waals surface area contributed by atoms with Crippen LogP contribution in [0.5, 0.6) is 0 Å². The van der Waals surface area contributed by atoms with E-state index in [4.69, 9.17) is 0 Å².